The molecule has 1 aromatic heterocycles. The fraction of sp³-hybridized carbons (Fsp3) is 0.154. The Labute approximate surface area is 106 Å². The molecule has 1 aromatic carbocycles. The van der Waals surface area contributed by atoms with Crippen molar-refractivity contribution in [2.24, 2.45) is 0 Å². The summed E-state index contributed by atoms with van der Waals surface area (Å²) in [5.74, 6) is 0. The minimum atomic E-state index is -2.53. The van der Waals surface area contributed by atoms with E-state index in [9.17, 15) is 13.6 Å². The van der Waals surface area contributed by atoms with Gasteiger partial charge in [-0.3, -0.25) is 0 Å². The zero-order valence-corrected chi connectivity index (χ0v) is 10.6. The van der Waals surface area contributed by atoms with Gasteiger partial charge < -0.3 is 9.94 Å². The van der Waals surface area contributed by atoms with Crippen molar-refractivity contribution in [3.05, 3.63) is 69.1 Å². The Hall–Kier alpha value is -2.01. The standard InChI is InChI=1S/C13H12NO3S/c1-10-4-2-5-11(8-10)9-12-6-3-7-14(15)13(12)18(16)17/h2-8H,9H2,1H3/q-1. The van der Waals surface area contributed by atoms with Crippen LogP contribution in [0.5, 0.6) is 0 Å². The smallest absolute Gasteiger partial charge is 0.238 e. The number of benzene rings is 1. The SMILES string of the molecule is Cc1cccc(Cc2cccn([O-])c2=S(=O)=O)c1. The van der Waals surface area contributed by atoms with E-state index in [1.54, 1.807) is 12.1 Å². The highest BCUT2D eigenvalue weighted by Crippen LogP contribution is 2.11. The normalized spacial score (nSPS) is 10.3. The third kappa shape index (κ3) is 2.62. The Balaban J connectivity index is 2.55. The molecule has 18 heavy (non-hydrogen) atoms. The molecule has 4 nitrogen and oxygen atoms in total. The summed E-state index contributed by atoms with van der Waals surface area (Å²) in [4.78, 5) is 0. The summed E-state index contributed by atoms with van der Waals surface area (Å²) >= 11 is 0. The molecule has 0 saturated heterocycles. The van der Waals surface area contributed by atoms with Gasteiger partial charge in [0, 0.05) is 6.42 Å². The predicted octanol–water partition coefficient (Wildman–Crippen LogP) is 2.14. The van der Waals surface area contributed by atoms with Gasteiger partial charge in [-0.2, -0.15) is 8.42 Å². The van der Waals surface area contributed by atoms with Crippen molar-refractivity contribution in [2.45, 2.75) is 13.3 Å². The third-order valence-electron chi connectivity index (χ3n) is 2.63. The van der Waals surface area contributed by atoms with E-state index >= 15 is 0 Å². The summed E-state index contributed by atoms with van der Waals surface area (Å²) in [6, 6.07) is 11.0. The lowest BCUT2D eigenvalue weighted by Gasteiger charge is -2.12. The van der Waals surface area contributed by atoms with Crippen molar-refractivity contribution >= 4 is 10.3 Å². The Bertz CT molecular complexity index is 737. The first-order chi connectivity index (χ1) is 8.58. The quantitative estimate of drug-likeness (QED) is 0.779. The molecular formula is C13H12NO3S-. The van der Waals surface area contributed by atoms with Crippen LogP contribution < -0.4 is 0 Å². The zero-order valence-electron chi connectivity index (χ0n) is 9.83. The highest BCUT2D eigenvalue weighted by atomic mass is 32.2. The number of hydrogen-bond donors (Lipinski definition) is 0. The predicted molar refractivity (Wildman–Crippen MR) is 69.3 cm³/mol. The van der Waals surface area contributed by atoms with Crippen LogP contribution in [0.15, 0.2) is 42.6 Å². The number of pyridine rings is 1. The average Bonchev–Trinajstić information content (AvgIpc) is 2.28. The molecule has 5 heteroatoms. The van der Waals surface area contributed by atoms with Crippen LogP contribution in [0.1, 0.15) is 16.7 Å². The van der Waals surface area contributed by atoms with Crippen LogP contribution in [0.2, 0.25) is 0 Å². The van der Waals surface area contributed by atoms with Gasteiger partial charge in [-0.05, 0) is 30.3 Å². The largest absolute Gasteiger partial charge is 0.805 e. The molecular weight excluding hydrogens is 250 g/mol. The summed E-state index contributed by atoms with van der Waals surface area (Å²) < 4.78 is 22.3. The van der Waals surface area contributed by atoms with Crippen molar-refractivity contribution < 1.29 is 8.42 Å². The Morgan fingerprint density at radius 1 is 1.22 bits per heavy atom. The van der Waals surface area contributed by atoms with Crippen molar-refractivity contribution in [3.8, 4) is 0 Å². The lowest BCUT2D eigenvalue weighted by atomic mass is 10.0. The molecule has 1 heterocycles. The number of aromatic nitrogens is 1. The van der Waals surface area contributed by atoms with Gasteiger partial charge in [0.2, 0.25) is 10.3 Å². The first kappa shape index (κ1) is 12.4. The average molecular weight is 262 g/mol. The summed E-state index contributed by atoms with van der Waals surface area (Å²) in [6.45, 7) is 1.97. The fourth-order valence-corrected chi connectivity index (χ4v) is 2.44. The first-order valence-electron chi connectivity index (χ1n) is 5.44. The molecule has 0 aliphatic rings. The van der Waals surface area contributed by atoms with Crippen LogP contribution in [-0.2, 0) is 16.7 Å². The summed E-state index contributed by atoms with van der Waals surface area (Å²) in [5, 5.41) is 11.5. The minimum absolute atomic E-state index is 0.209. The molecule has 2 rings (SSSR count). The number of aryl methyl sites for hydroxylation is 1. The fourth-order valence-electron chi connectivity index (χ4n) is 1.87. The summed E-state index contributed by atoms with van der Waals surface area (Å²) in [7, 11) is -2.53. The second-order valence-electron chi connectivity index (χ2n) is 4.06. The Kier molecular flexibility index (Phi) is 3.53. The molecule has 0 N–H and O–H groups in total. The van der Waals surface area contributed by atoms with Crippen LogP contribution in [0, 0.1) is 16.8 Å². The van der Waals surface area contributed by atoms with E-state index in [2.05, 4.69) is 0 Å². The third-order valence-corrected chi connectivity index (χ3v) is 3.39. The Morgan fingerprint density at radius 3 is 2.67 bits per heavy atom. The van der Waals surface area contributed by atoms with Gasteiger partial charge in [0.15, 0.2) is 4.64 Å². The maximum absolute atomic E-state index is 11.5. The van der Waals surface area contributed by atoms with E-state index in [4.69, 9.17) is 0 Å². The molecule has 0 amide bonds. The van der Waals surface area contributed by atoms with Crippen LogP contribution >= 0.6 is 0 Å². The second kappa shape index (κ2) is 5.10. The molecule has 2 aromatic rings. The highest BCUT2D eigenvalue weighted by Gasteiger charge is 2.01. The topological polar surface area (TPSA) is 62.1 Å². The molecule has 0 aliphatic carbocycles. The number of rotatable bonds is 2. The van der Waals surface area contributed by atoms with Gasteiger partial charge in [0.25, 0.3) is 0 Å². The molecule has 0 aliphatic heterocycles. The molecule has 0 bridgehead atoms. The van der Waals surface area contributed by atoms with Crippen molar-refractivity contribution in [1.82, 2.24) is 4.73 Å². The van der Waals surface area contributed by atoms with Gasteiger partial charge in [-0.15, -0.1) is 0 Å². The van der Waals surface area contributed by atoms with E-state index in [1.165, 1.54) is 6.20 Å². The number of nitrogens with zero attached hydrogens (tertiary/aromatic N) is 1. The van der Waals surface area contributed by atoms with Crippen molar-refractivity contribution in [2.75, 3.05) is 0 Å². The van der Waals surface area contributed by atoms with Gasteiger partial charge >= 0.3 is 0 Å². The van der Waals surface area contributed by atoms with Crippen molar-refractivity contribution in [1.29, 1.82) is 0 Å². The van der Waals surface area contributed by atoms with Gasteiger partial charge in [0.1, 0.15) is 0 Å². The van der Waals surface area contributed by atoms with Crippen LogP contribution in [0.25, 0.3) is 0 Å². The van der Waals surface area contributed by atoms with Gasteiger partial charge in [0.05, 0.1) is 0 Å². The maximum Gasteiger partial charge on any atom is 0.238 e. The van der Waals surface area contributed by atoms with Crippen LogP contribution in [0.4, 0.5) is 0 Å². The molecule has 0 unspecified atom stereocenters. The monoisotopic (exact) mass is 262 g/mol. The van der Waals surface area contributed by atoms with E-state index in [0.717, 1.165) is 11.1 Å². The van der Waals surface area contributed by atoms with E-state index < -0.39 is 10.3 Å². The lowest BCUT2D eigenvalue weighted by Crippen LogP contribution is -1.99. The van der Waals surface area contributed by atoms with Gasteiger partial charge in [-0.1, -0.05) is 35.9 Å². The first-order valence-corrected chi connectivity index (χ1v) is 6.51. The molecule has 94 valence electrons. The summed E-state index contributed by atoms with van der Waals surface area (Å²) in [5.41, 5.74) is 2.59. The molecule has 0 atom stereocenters. The highest BCUT2D eigenvalue weighted by molar-refractivity contribution is 7.63. The molecule has 0 saturated carbocycles. The van der Waals surface area contributed by atoms with Gasteiger partial charge in [-0.25, -0.2) is 0 Å². The van der Waals surface area contributed by atoms with Crippen molar-refractivity contribution in [3.63, 3.8) is 0 Å². The number of hydrogen-bond acceptors (Lipinski definition) is 3. The summed E-state index contributed by atoms with van der Waals surface area (Å²) in [6.07, 6.45) is 1.61. The van der Waals surface area contributed by atoms with Crippen LogP contribution in [0.3, 0.4) is 0 Å². The second-order valence-corrected chi connectivity index (χ2v) is 4.92. The van der Waals surface area contributed by atoms with E-state index in [0.29, 0.717) is 16.7 Å². The minimum Gasteiger partial charge on any atom is -0.805 e. The van der Waals surface area contributed by atoms with Crippen LogP contribution in [-0.4, -0.2) is 13.1 Å². The Morgan fingerprint density at radius 2 is 2.00 bits per heavy atom. The zero-order chi connectivity index (χ0) is 13.1. The van der Waals surface area contributed by atoms with E-state index in [-0.39, 0.29) is 4.64 Å². The lowest BCUT2D eigenvalue weighted by molar-refractivity contribution is 0.623. The molecule has 0 spiro atoms. The molecule has 0 fully saturated rings. The molecule has 0 radical (unpaired) electrons. The maximum atomic E-state index is 11.5. The van der Waals surface area contributed by atoms with E-state index in [1.807, 2.05) is 31.2 Å².